The van der Waals surface area contributed by atoms with Gasteiger partial charge in [0.1, 0.15) is 0 Å². The fourth-order valence-electron chi connectivity index (χ4n) is 2.91. The van der Waals surface area contributed by atoms with E-state index in [0.29, 0.717) is 24.9 Å². The summed E-state index contributed by atoms with van der Waals surface area (Å²) in [5.41, 5.74) is 2.63. The van der Waals surface area contributed by atoms with Crippen molar-refractivity contribution in [1.82, 2.24) is 5.32 Å². The molecule has 20 heavy (non-hydrogen) atoms. The van der Waals surface area contributed by atoms with Crippen LogP contribution in [-0.4, -0.2) is 24.9 Å². The van der Waals surface area contributed by atoms with Crippen molar-refractivity contribution >= 4 is 0 Å². The smallest absolute Gasteiger partial charge is 0.0719 e. The van der Waals surface area contributed by atoms with Crippen LogP contribution in [0.5, 0.6) is 0 Å². The minimum atomic E-state index is 0.356. The van der Waals surface area contributed by atoms with Gasteiger partial charge in [-0.25, -0.2) is 0 Å². The Balaban J connectivity index is 1.90. The molecule has 2 rings (SSSR count). The Morgan fingerprint density at radius 3 is 2.45 bits per heavy atom. The first-order valence-corrected chi connectivity index (χ1v) is 7.72. The number of hydrogen-bond acceptors (Lipinski definition) is 3. The second kappa shape index (κ2) is 7.77. The van der Waals surface area contributed by atoms with E-state index < -0.39 is 0 Å². The lowest BCUT2D eigenvalue weighted by Gasteiger charge is -2.32. The summed E-state index contributed by atoms with van der Waals surface area (Å²) in [6.45, 7) is 8.73. The molecule has 0 bridgehead atoms. The Morgan fingerprint density at radius 1 is 1.15 bits per heavy atom. The van der Waals surface area contributed by atoms with E-state index in [0.717, 1.165) is 26.0 Å². The first-order chi connectivity index (χ1) is 9.69. The van der Waals surface area contributed by atoms with Crippen LogP contribution in [0.15, 0.2) is 24.3 Å². The van der Waals surface area contributed by atoms with Gasteiger partial charge in [-0.3, -0.25) is 0 Å². The van der Waals surface area contributed by atoms with Crippen molar-refractivity contribution in [3.05, 3.63) is 35.4 Å². The fourth-order valence-corrected chi connectivity index (χ4v) is 2.91. The summed E-state index contributed by atoms with van der Waals surface area (Å²) >= 11 is 0. The van der Waals surface area contributed by atoms with Crippen molar-refractivity contribution in [1.29, 1.82) is 0 Å². The van der Waals surface area contributed by atoms with Crippen LogP contribution in [0.2, 0.25) is 0 Å². The molecule has 1 fully saturated rings. The average Bonchev–Trinajstić information content (AvgIpc) is 2.43. The van der Waals surface area contributed by atoms with Crippen molar-refractivity contribution in [3.8, 4) is 0 Å². The summed E-state index contributed by atoms with van der Waals surface area (Å²) < 4.78 is 11.3. The molecule has 0 aliphatic carbocycles. The van der Waals surface area contributed by atoms with Crippen LogP contribution >= 0.6 is 0 Å². The van der Waals surface area contributed by atoms with Gasteiger partial charge in [-0.05, 0) is 44.7 Å². The largest absolute Gasteiger partial charge is 0.377 e. The number of hydrogen-bond donors (Lipinski definition) is 1. The van der Waals surface area contributed by atoms with E-state index in [1.54, 1.807) is 0 Å². The zero-order valence-corrected chi connectivity index (χ0v) is 12.9. The molecule has 0 saturated carbocycles. The molecule has 2 unspecified atom stereocenters. The first-order valence-electron chi connectivity index (χ1n) is 7.72. The maximum absolute atomic E-state index is 5.79. The maximum atomic E-state index is 5.79. The summed E-state index contributed by atoms with van der Waals surface area (Å²) in [5, 5.41) is 3.68. The van der Waals surface area contributed by atoms with Crippen molar-refractivity contribution < 1.29 is 9.47 Å². The molecule has 1 aromatic rings. The van der Waals surface area contributed by atoms with Crippen LogP contribution in [0.25, 0.3) is 0 Å². The molecule has 1 N–H and O–H groups in total. The first kappa shape index (κ1) is 15.5. The van der Waals surface area contributed by atoms with E-state index in [2.05, 4.69) is 43.4 Å². The minimum absolute atomic E-state index is 0.356. The third-order valence-corrected chi connectivity index (χ3v) is 3.86. The Hall–Kier alpha value is -0.900. The van der Waals surface area contributed by atoms with E-state index in [4.69, 9.17) is 9.47 Å². The predicted octanol–water partition coefficient (Wildman–Crippen LogP) is 3.27. The molecule has 1 aliphatic heterocycles. The SMILES string of the molecule is CCOCc1ccccc1CNC1CC(C)OC(C)C1. The van der Waals surface area contributed by atoms with Crippen LogP contribution < -0.4 is 5.32 Å². The Bertz CT molecular complexity index is 398. The minimum Gasteiger partial charge on any atom is -0.377 e. The van der Waals surface area contributed by atoms with Crippen molar-refractivity contribution in [2.75, 3.05) is 6.61 Å². The Morgan fingerprint density at radius 2 is 1.80 bits per heavy atom. The lowest BCUT2D eigenvalue weighted by Crippen LogP contribution is -2.41. The van der Waals surface area contributed by atoms with Crippen molar-refractivity contribution in [2.45, 2.75) is 65.0 Å². The number of nitrogens with one attached hydrogen (secondary N) is 1. The average molecular weight is 277 g/mol. The standard InChI is InChI=1S/C17H27NO2/c1-4-19-12-16-8-6-5-7-15(16)11-18-17-9-13(2)20-14(3)10-17/h5-8,13-14,17-18H,4,9-12H2,1-3H3. The lowest BCUT2D eigenvalue weighted by molar-refractivity contribution is -0.0423. The Kier molecular flexibility index (Phi) is 6.02. The van der Waals surface area contributed by atoms with Crippen LogP contribution in [-0.2, 0) is 22.6 Å². The van der Waals surface area contributed by atoms with Crippen molar-refractivity contribution in [2.24, 2.45) is 0 Å². The third kappa shape index (κ3) is 4.58. The van der Waals surface area contributed by atoms with Gasteiger partial charge in [-0.15, -0.1) is 0 Å². The van der Waals surface area contributed by atoms with Gasteiger partial charge in [0.25, 0.3) is 0 Å². The van der Waals surface area contributed by atoms with E-state index in [-0.39, 0.29) is 0 Å². The van der Waals surface area contributed by atoms with Crippen LogP contribution in [0, 0.1) is 0 Å². The lowest BCUT2D eigenvalue weighted by atomic mass is 9.99. The van der Waals surface area contributed by atoms with E-state index in [1.165, 1.54) is 11.1 Å². The van der Waals surface area contributed by atoms with E-state index >= 15 is 0 Å². The molecule has 0 spiro atoms. The van der Waals surface area contributed by atoms with Crippen LogP contribution in [0.3, 0.4) is 0 Å². The molecular formula is C17H27NO2. The summed E-state index contributed by atoms with van der Waals surface area (Å²) in [6, 6.07) is 9.07. The van der Waals surface area contributed by atoms with Gasteiger partial charge >= 0.3 is 0 Å². The molecule has 1 saturated heterocycles. The van der Waals surface area contributed by atoms with Gasteiger partial charge in [0, 0.05) is 19.2 Å². The third-order valence-electron chi connectivity index (χ3n) is 3.86. The summed E-state index contributed by atoms with van der Waals surface area (Å²) in [6.07, 6.45) is 2.90. The molecule has 112 valence electrons. The number of benzene rings is 1. The monoisotopic (exact) mass is 277 g/mol. The molecule has 0 amide bonds. The summed E-state index contributed by atoms with van der Waals surface area (Å²) in [4.78, 5) is 0. The van der Waals surface area contributed by atoms with Crippen LogP contribution in [0.1, 0.15) is 44.7 Å². The van der Waals surface area contributed by atoms with E-state index in [1.807, 2.05) is 6.92 Å². The highest BCUT2D eigenvalue weighted by molar-refractivity contribution is 5.26. The zero-order chi connectivity index (χ0) is 14.4. The topological polar surface area (TPSA) is 30.5 Å². The van der Waals surface area contributed by atoms with Gasteiger partial charge in [0.2, 0.25) is 0 Å². The second-order valence-electron chi connectivity index (χ2n) is 5.71. The number of ether oxygens (including phenoxy) is 2. The molecule has 3 heteroatoms. The van der Waals surface area contributed by atoms with Gasteiger partial charge in [0.05, 0.1) is 18.8 Å². The van der Waals surface area contributed by atoms with Crippen molar-refractivity contribution in [3.63, 3.8) is 0 Å². The van der Waals surface area contributed by atoms with Gasteiger partial charge in [-0.1, -0.05) is 24.3 Å². The highest BCUT2D eigenvalue weighted by Crippen LogP contribution is 2.20. The molecule has 3 nitrogen and oxygen atoms in total. The molecule has 1 heterocycles. The summed E-state index contributed by atoms with van der Waals surface area (Å²) in [7, 11) is 0. The van der Waals surface area contributed by atoms with Crippen LogP contribution in [0.4, 0.5) is 0 Å². The van der Waals surface area contributed by atoms with Gasteiger partial charge in [0.15, 0.2) is 0 Å². The molecule has 2 atom stereocenters. The predicted molar refractivity (Wildman–Crippen MR) is 81.6 cm³/mol. The number of rotatable bonds is 6. The highest BCUT2D eigenvalue weighted by Gasteiger charge is 2.23. The zero-order valence-electron chi connectivity index (χ0n) is 12.9. The van der Waals surface area contributed by atoms with Gasteiger partial charge in [-0.2, -0.15) is 0 Å². The Labute approximate surface area is 122 Å². The normalized spacial score (nSPS) is 26.6. The quantitative estimate of drug-likeness (QED) is 0.865. The molecule has 0 aromatic heterocycles. The molecule has 1 aliphatic rings. The highest BCUT2D eigenvalue weighted by atomic mass is 16.5. The molecular weight excluding hydrogens is 250 g/mol. The maximum Gasteiger partial charge on any atom is 0.0719 e. The second-order valence-corrected chi connectivity index (χ2v) is 5.71. The molecule has 0 radical (unpaired) electrons. The van der Waals surface area contributed by atoms with Gasteiger partial charge < -0.3 is 14.8 Å². The summed E-state index contributed by atoms with van der Waals surface area (Å²) in [5.74, 6) is 0. The molecule has 1 aromatic carbocycles. The fraction of sp³-hybridized carbons (Fsp3) is 0.647. The van der Waals surface area contributed by atoms with E-state index in [9.17, 15) is 0 Å².